The summed E-state index contributed by atoms with van der Waals surface area (Å²) >= 11 is 0. The van der Waals surface area contributed by atoms with Gasteiger partial charge >= 0.3 is 11.9 Å². The SMILES string of the molecule is COC(=O)C1=C(C(=O)OC)N(c2c(F)cccc2F)C(N)=C(C#N)C1c1ccccc1. The van der Waals surface area contributed by atoms with Crippen molar-refractivity contribution in [2.24, 2.45) is 5.73 Å². The highest BCUT2D eigenvalue weighted by molar-refractivity contribution is 6.06. The van der Waals surface area contributed by atoms with Crippen LogP contribution in [0.5, 0.6) is 0 Å². The topological polar surface area (TPSA) is 106 Å². The lowest BCUT2D eigenvalue weighted by Crippen LogP contribution is -2.41. The molecular formula is C22H17F2N3O4. The highest BCUT2D eigenvalue weighted by atomic mass is 19.1. The minimum Gasteiger partial charge on any atom is -0.466 e. The minimum atomic E-state index is -1.13. The fourth-order valence-electron chi connectivity index (χ4n) is 3.45. The maximum Gasteiger partial charge on any atom is 0.355 e. The molecule has 2 aromatic rings. The zero-order chi connectivity index (χ0) is 22.7. The Morgan fingerprint density at radius 3 is 2.10 bits per heavy atom. The van der Waals surface area contributed by atoms with E-state index in [1.165, 1.54) is 0 Å². The van der Waals surface area contributed by atoms with Gasteiger partial charge in [0, 0.05) is 0 Å². The zero-order valence-corrected chi connectivity index (χ0v) is 16.6. The normalized spacial score (nSPS) is 16.1. The minimum absolute atomic E-state index is 0.193. The van der Waals surface area contributed by atoms with Gasteiger partial charge in [0.1, 0.15) is 28.8 Å². The molecule has 0 amide bonds. The van der Waals surface area contributed by atoms with E-state index in [0.717, 1.165) is 32.4 Å². The third kappa shape index (κ3) is 3.59. The predicted molar refractivity (Wildman–Crippen MR) is 106 cm³/mol. The summed E-state index contributed by atoms with van der Waals surface area (Å²) < 4.78 is 39.0. The van der Waals surface area contributed by atoms with Gasteiger partial charge in [-0.25, -0.2) is 18.4 Å². The maximum atomic E-state index is 14.7. The average Bonchev–Trinajstić information content (AvgIpc) is 2.78. The molecule has 0 fully saturated rings. The Hall–Kier alpha value is -4.19. The number of rotatable bonds is 4. The molecule has 7 nitrogen and oxygen atoms in total. The number of halogens is 2. The molecule has 2 aromatic carbocycles. The number of carbonyl (C=O) groups is 2. The van der Waals surface area contributed by atoms with E-state index in [1.807, 2.05) is 6.07 Å². The van der Waals surface area contributed by atoms with E-state index in [4.69, 9.17) is 15.2 Å². The van der Waals surface area contributed by atoms with Gasteiger partial charge in [0.25, 0.3) is 0 Å². The number of nitrogens with zero attached hydrogens (tertiary/aromatic N) is 2. The summed E-state index contributed by atoms with van der Waals surface area (Å²) in [6.07, 6.45) is 0. The molecular weight excluding hydrogens is 408 g/mol. The van der Waals surface area contributed by atoms with Crippen LogP contribution in [0.4, 0.5) is 14.5 Å². The molecule has 1 aliphatic heterocycles. The van der Waals surface area contributed by atoms with Crippen molar-refractivity contribution in [1.82, 2.24) is 0 Å². The number of carbonyl (C=O) groups excluding carboxylic acids is 2. The molecule has 0 spiro atoms. The van der Waals surface area contributed by atoms with E-state index in [0.29, 0.717) is 10.5 Å². The molecule has 0 aliphatic carbocycles. The molecule has 0 saturated carbocycles. The second-order valence-corrected chi connectivity index (χ2v) is 6.41. The van der Waals surface area contributed by atoms with Crippen LogP contribution in [0.15, 0.2) is 71.2 Å². The molecule has 1 atom stereocenters. The van der Waals surface area contributed by atoms with Gasteiger partial charge < -0.3 is 15.2 Å². The van der Waals surface area contributed by atoms with Gasteiger partial charge in [-0.05, 0) is 17.7 Å². The lowest BCUT2D eigenvalue weighted by atomic mass is 9.81. The Morgan fingerprint density at radius 2 is 1.58 bits per heavy atom. The number of anilines is 1. The molecule has 31 heavy (non-hydrogen) atoms. The van der Waals surface area contributed by atoms with E-state index >= 15 is 0 Å². The average molecular weight is 425 g/mol. The summed E-state index contributed by atoms with van der Waals surface area (Å²) in [7, 11) is 2.12. The smallest absolute Gasteiger partial charge is 0.355 e. The highest BCUT2D eigenvalue weighted by Gasteiger charge is 2.44. The number of methoxy groups -OCH3 is 2. The summed E-state index contributed by atoms with van der Waals surface area (Å²) in [6, 6.07) is 13.2. The number of hydrogen-bond acceptors (Lipinski definition) is 7. The second-order valence-electron chi connectivity index (χ2n) is 6.41. The lowest BCUT2D eigenvalue weighted by molar-refractivity contribution is -0.139. The molecule has 0 radical (unpaired) electrons. The number of hydrogen-bond donors (Lipinski definition) is 1. The molecule has 2 N–H and O–H groups in total. The first-order valence-electron chi connectivity index (χ1n) is 8.96. The molecule has 1 aliphatic rings. The molecule has 9 heteroatoms. The molecule has 1 heterocycles. The Bertz CT molecular complexity index is 1130. The summed E-state index contributed by atoms with van der Waals surface area (Å²) in [5.74, 6) is -5.76. The summed E-state index contributed by atoms with van der Waals surface area (Å²) in [4.78, 5) is 26.3. The van der Waals surface area contributed by atoms with E-state index in [9.17, 15) is 23.6 Å². The van der Waals surface area contributed by atoms with Crippen LogP contribution in [0.1, 0.15) is 11.5 Å². The number of para-hydroxylation sites is 1. The van der Waals surface area contributed by atoms with Gasteiger partial charge in [-0.1, -0.05) is 36.4 Å². The number of allylic oxidation sites excluding steroid dienone is 1. The number of nitrogens with two attached hydrogens (primary N) is 1. The summed E-state index contributed by atoms with van der Waals surface area (Å²) in [5, 5.41) is 9.86. The largest absolute Gasteiger partial charge is 0.466 e. The van der Waals surface area contributed by atoms with Crippen molar-refractivity contribution in [3.8, 4) is 6.07 Å². The summed E-state index contributed by atoms with van der Waals surface area (Å²) in [6.45, 7) is 0. The molecule has 1 unspecified atom stereocenters. The van der Waals surface area contributed by atoms with Crippen molar-refractivity contribution in [1.29, 1.82) is 5.26 Å². The zero-order valence-electron chi connectivity index (χ0n) is 16.6. The van der Waals surface area contributed by atoms with Crippen LogP contribution in [-0.4, -0.2) is 26.2 Å². The number of nitriles is 1. The molecule has 0 bridgehead atoms. The second kappa shape index (κ2) is 8.67. The van der Waals surface area contributed by atoms with Gasteiger partial charge in [0.15, 0.2) is 0 Å². The van der Waals surface area contributed by atoms with Crippen molar-refractivity contribution >= 4 is 17.6 Å². The Morgan fingerprint density at radius 1 is 1.00 bits per heavy atom. The van der Waals surface area contributed by atoms with Gasteiger partial charge in [-0.15, -0.1) is 0 Å². The Balaban J connectivity index is 2.47. The number of ether oxygens (including phenoxy) is 2. The first-order valence-corrected chi connectivity index (χ1v) is 8.96. The van der Waals surface area contributed by atoms with Crippen LogP contribution in [0.2, 0.25) is 0 Å². The molecule has 0 saturated heterocycles. The van der Waals surface area contributed by atoms with E-state index in [1.54, 1.807) is 30.3 Å². The monoisotopic (exact) mass is 425 g/mol. The van der Waals surface area contributed by atoms with Crippen LogP contribution in [0.25, 0.3) is 0 Å². The van der Waals surface area contributed by atoms with Gasteiger partial charge in [0.05, 0.1) is 37.4 Å². The first kappa shape index (κ1) is 21.5. The van der Waals surface area contributed by atoms with Crippen molar-refractivity contribution in [3.05, 3.63) is 88.4 Å². The van der Waals surface area contributed by atoms with E-state index in [2.05, 4.69) is 0 Å². The molecule has 3 rings (SSSR count). The predicted octanol–water partition coefficient (Wildman–Crippen LogP) is 2.86. The van der Waals surface area contributed by atoms with Crippen molar-refractivity contribution in [3.63, 3.8) is 0 Å². The van der Waals surface area contributed by atoms with Gasteiger partial charge in [-0.3, -0.25) is 4.90 Å². The first-order chi connectivity index (χ1) is 14.9. The Kier molecular flexibility index (Phi) is 6.02. The summed E-state index contributed by atoms with van der Waals surface area (Å²) in [5.41, 5.74) is 4.80. The standard InChI is InChI=1S/C22H17F2N3O4/c1-30-21(28)17-16(12-7-4-3-5-8-12)13(11-25)20(26)27(19(17)22(29)31-2)18-14(23)9-6-10-15(18)24/h3-10,16H,26H2,1-2H3. The quantitative estimate of drug-likeness (QED) is 0.751. The van der Waals surface area contributed by atoms with E-state index in [-0.39, 0.29) is 11.1 Å². The van der Waals surface area contributed by atoms with Gasteiger partial charge in [0.2, 0.25) is 0 Å². The number of esters is 2. The lowest BCUT2D eigenvalue weighted by Gasteiger charge is -2.36. The van der Waals surface area contributed by atoms with Crippen LogP contribution in [0.3, 0.4) is 0 Å². The highest BCUT2D eigenvalue weighted by Crippen LogP contribution is 2.44. The van der Waals surface area contributed by atoms with E-state index < -0.39 is 46.7 Å². The number of benzene rings is 2. The molecule has 0 aromatic heterocycles. The fourth-order valence-corrected chi connectivity index (χ4v) is 3.45. The van der Waals surface area contributed by atoms with Crippen LogP contribution < -0.4 is 10.6 Å². The molecule has 158 valence electrons. The Labute approximate surface area is 176 Å². The fraction of sp³-hybridized carbons (Fsp3) is 0.136. The van der Waals surface area contributed by atoms with Crippen LogP contribution >= 0.6 is 0 Å². The van der Waals surface area contributed by atoms with Crippen molar-refractivity contribution < 1.29 is 27.8 Å². The van der Waals surface area contributed by atoms with Crippen molar-refractivity contribution in [2.45, 2.75) is 5.92 Å². The van der Waals surface area contributed by atoms with Crippen LogP contribution in [-0.2, 0) is 19.1 Å². The van der Waals surface area contributed by atoms with Crippen molar-refractivity contribution in [2.75, 3.05) is 19.1 Å². The van der Waals surface area contributed by atoms with Crippen LogP contribution in [0, 0.1) is 23.0 Å². The van der Waals surface area contributed by atoms with Gasteiger partial charge in [-0.2, -0.15) is 5.26 Å². The third-order valence-corrected chi connectivity index (χ3v) is 4.77. The third-order valence-electron chi connectivity index (χ3n) is 4.77. The maximum absolute atomic E-state index is 14.7.